The summed E-state index contributed by atoms with van der Waals surface area (Å²) in [6.07, 6.45) is 3.02. The molecule has 0 spiro atoms. The maximum absolute atomic E-state index is 14.6. The molecule has 0 unspecified atom stereocenters. The number of carboxylic acids is 1. The number of hydrogen-bond donors (Lipinski definition) is 14. The number of aromatic nitrogens is 2. The molecule has 3 heterocycles. The minimum Gasteiger partial charge on any atom is -0.481 e. The molecule has 16 N–H and O–H groups in total. The predicted molar refractivity (Wildman–Crippen MR) is 291 cm³/mol. The molecule has 0 aliphatic carbocycles. The normalized spacial score (nSPS) is 16.6. The summed E-state index contributed by atoms with van der Waals surface area (Å²) >= 11 is 0. The van der Waals surface area contributed by atoms with Gasteiger partial charge in [0, 0.05) is 60.0 Å². The van der Waals surface area contributed by atoms with Crippen LogP contribution in [0.5, 0.6) is 0 Å². The number of likely N-dealkylation sites (tertiary alicyclic amines) is 1. The van der Waals surface area contributed by atoms with Crippen LogP contribution < -0.4 is 48.7 Å². The standard InChI is InChI=1S/C55H70N12O13/c1-4-29(2)46(66-53(78)43(28-69)65-49(74)36(56)27-68)55(80)67-20-12-19-44(67)54(79)64-42(24-45(70)71)50(75)60-30(3)48(73)62-40(21-31-13-6-5-7-14-31)51(76)63-41(23-33-26-59-38-18-11-9-16-35(33)38)52(77)61-39(47(57)72)22-32-25-58-37-17-10-8-15-34(32)37/h5-11,13-18,25-26,29-30,36,39-44,46,58-59,68-69H,4,12,19-24,27-28,56H2,1-3H3,(H2,57,72)(H,60,75)(H,61,77)(H,62,73)(H,63,76)(H,64,79)(H,65,74)(H,66,78)(H,70,71)/t29-,30-,36-,39-,40-,41-,42-,43-,44-,46-/m0/s1. The summed E-state index contributed by atoms with van der Waals surface area (Å²) in [6, 6.07) is 10.6. The number of nitrogens with one attached hydrogen (secondary N) is 9. The number of aromatic amines is 2. The molecule has 428 valence electrons. The Hall–Kier alpha value is -8.68. The van der Waals surface area contributed by atoms with Crippen LogP contribution in [0.4, 0.5) is 0 Å². The number of carbonyl (C=O) groups is 10. The number of aliphatic carboxylic acids is 1. The zero-order valence-electron chi connectivity index (χ0n) is 44.5. The molecule has 9 amide bonds. The Labute approximate surface area is 460 Å². The van der Waals surface area contributed by atoms with E-state index < -0.39 is 139 Å². The molecule has 25 heteroatoms. The number of benzene rings is 3. The van der Waals surface area contributed by atoms with Gasteiger partial charge in [-0.2, -0.15) is 0 Å². The van der Waals surface area contributed by atoms with Crippen LogP contribution in [-0.2, 0) is 67.2 Å². The molecular formula is C55H70N12O13. The molecule has 1 saturated heterocycles. The Morgan fingerprint density at radius 1 is 0.613 bits per heavy atom. The first kappa shape index (κ1) is 60.5. The number of fused-ring (bicyclic) bond motifs is 2. The zero-order valence-corrected chi connectivity index (χ0v) is 44.5. The van der Waals surface area contributed by atoms with E-state index in [1.54, 1.807) is 56.6 Å². The maximum Gasteiger partial charge on any atom is 0.305 e. The van der Waals surface area contributed by atoms with Crippen molar-refractivity contribution < 1.29 is 63.3 Å². The molecule has 25 nitrogen and oxygen atoms in total. The summed E-state index contributed by atoms with van der Waals surface area (Å²) < 4.78 is 0. The molecule has 0 radical (unpaired) electrons. The van der Waals surface area contributed by atoms with E-state index in [1.807, 2.05) is 48.5 Å². The number of H-pyrrole nitrogens is 2. The highest BCUT2D eigenvalue weighted by Gasteiger charge is 2.42. The van der Waals surface area contributed by atoms with Crippen LogP contribution in [-0.4, -0.2) is 163 Å². The minimum absolute atomic E-state index is 0.0202. The lowest BCUT2D eigenvalue weighted by Crippen LogP contribution is -2.61. The van der Waals surface area contributed by atoms with Gasteiger partial charge in [0.15, 0.2) is 0 Å². The van der Waals surface area contributed by atoms with Crippen molar-refractivity contribution in [1.29, 1.82) is 0 Å². The van der Waals surface area contributed by atoms with E-state index in [9.17, 15) is 63.3 Å². The van der Waals surface area contributed by atoms with E-state index in [0.29, 0.717) is 29.5 Å². The largest absolute Gasteiger partial charge is 0.481 e. The second-order valence-corrected chi connectivity index (χ2v) is 19.9. The molecule has 2 aromatic heterocycles. The Kier molecular flexibility index (Phi) is 21.4. The molecular weight excluding hydrogens is 1040 g/mol. The van der Waals surface area contributed by atoms with Crippen LogP contribution in [0.1, 0.15) is 63.1 Å². The summed E-state index contributed by atoms with van der Waals surface area (Å²) in [7, 11) is 0. The summed E-state index contributed by atoms with van der Waals surface area (Å²) in [5.74, 6) is -9.96. The highest BCUT2D eigenvalue weighted by atomic mass is 16.4. The van der Waals surface area contributed by atoms with Gasteiger partial charge in [-0.1, -0.05) is 87.0 Å². The van der Waals surface area contributed by atoms with E-state index in [1.165, 1.54) is 11.8 Å². The number of amides is 9. The first-order valence-electron chi connectivity index (χ1n) is 26.3. The van der Waals surface area contributed by atoms with Crippen molar-refractivity contribution in [2.45, 2.75) is 120 Å². The summed E-state index contributed by atoms with van der Waals surface area (Å²) in [5.41, 5.74) is 14.9. The van der Waals surface area contributed by atoms with Crippen LogP contribution >= 0.6 is 0 Å². The van der Waals surface area contributed by atoms with Gasteiger partial charge in [0.1, 0.15) is 54.4 Å². The number of para-hydroxylation sites is 2. The van der Waals surface area contributed by atoms with Gasteiger partial charge in [0.05, 0.1) is 19.6 Å². The van der Waals surface area contributed by atoms with Gasteiger partial charge in [-0.25, -0.2) is 0 Å². The van der Waals surface area contributed by atoms with E-state index >= 15 is 0 Å². The molecule has 1 aliphatic rings. The fourth-order valence-electron chi connectivity index (χ4n) is 9.38. The third-order valence-corrected chi connectivity index (χ3v) is 14.1. The number of aliphatic hydroxyl groups is 2. The van der Waals surface area contributed by atoms with Gasteiger partial charge in [-0.05, 0) is 54.5 Å². The minimum atomic E-state index is -1.79. The number of hydrogen-bond acceptors (Lipinski definition) is 13. The lowest BCUT2D eigenvalue weighted by molar-refractivity contribution is -0.145. The van der Waals surface area contributed by atoms with Crippen LogP contribution in [0.3, 0.4) is 0 Å². The fourth-order valence-corrected chi connectivity index (χ4v) is 9.38. The lowest BCUT2D eigenvalue weighted by atomic mass is 9.96. The van der Waals surface area contributed by atoms with E-state index in [0.717, 1.165) is 21.8 Å². The highest BCUT2D eigenvalue weighted by molar-refractivity contribution is 5.99. The topological polar surface area (TPSA) is 402 Å². The molecule has 6 rings (SSSR count). The van der Waals surface area contributed by atoms with E-state index in [-0.39, 0.29) is 32.2 Å². The molecule has 10 atom stereocenters. The second kappa shape index (κ2) is 28.3. The van der Waals surface area contributed by atoms with Gasteiger partial charge < -0.3 is 78.9 Å². The Morgan fingerprint density at radius 2 is 1.12 bits per heavy atom. The van der Waals surface area contributed by atoms with Crippen molar-refractivity contribution in [2.75, 3.05) is 19.8 Å². The maximum atomic E-state index is 14.6. The average Bonchev–Trinajstić information content (AvgIpc) is 4.26. The molecule has 80 heavy (non-hydrogen) atoms. The first-order chi connectivity index (χ1) is 38.2. The van der Waals surface area contributed by atoms with Crippen molar-refractivity contribution >= 4 is 80.9 Å². The van der Waals surface area contributed by atoms with Gasteiger partial charge in [0.25, 0.3) is 0 Å². The number of primary amides is 1. The second-order valence-electron chi connectivity index (χ2n) is 19.9. The predicted octanol–water partition coefficient (Wildman–Crippen LogP) is -1.60. The third kappa shape index (κ3) is 15.8. The Morgan fingerprint density at radius 3 is 1.69 bits per heavy atom. The zero-order chi connectivity index (χ0) is 58.2. The Bertz CT molecular complexity index is 3040. The summed E-state index contributed by atoms with van der Waals surface area (Å²) in [6.45, 7) is 3.07. The quantitative estimate of drug-likeness (QED) is 0.0268. The van der Waals surface area contributed by atoms with Crippen molar-refractivity contribution in [3.63, 3.8) is 0 Å². The van der Waals surface area contributed by atoms with Gasteiger partial charge >= 0.3 is 5.97 Å². The Balaban J connectivity index is 1.17. The number of carboxylic acid groups (broad SMARTS) is 1. The number of nitrogens with two attached hydrogens (primary N) is 2. The first-order valence-corrected chi connectivity index (χ1v) is 26.3. The monoisotopic (exact) mass is 1110 g/mol. The van der Waals surface area contributed by atoms with Gasteiger partial charge in [0.2, 0.25) is 53.2 Å². The molecule has 1 aliphatic heterocycles. The SMILES string of the molecule is CC[C@H](C)[C@H](NC(=O)[C@H](CO)NC(=O)[C@@H](N)CO)C(=O)N1CCC[C@H]1C(=O)N[C@@H](CC(=O)O)C(=O)N[C@@H](C)C(=O)N[C@@H](Cc1ccccc1)C(=O)N[C@@H](Cc1c[nH]c2ccccc12)C(=O)N[C@@H](Cc1c[nH]c2ccccc12)C(N)=O. The molecule has 1 fully saturated rings. The van der Waals surface area contributed by atoms with Crippen LogP contribution in [0.2, 0.25) is 0 Å². The number of carbonyl (C=O) groups excluding carboxylic acids is 9. The van der Waals surface area contributed by atoms with Crippen molar-refractivity contribution in [3.8, 4) is 0 Å². The van der Waals surface area contributed by atoms with Gasteiger partial charge in [-0.15, -0.1) is 0 Å². The molecule has 5 aromatic rings. The van der Waals surface area contributed by atoms with Crippen molar-refractivity contribution in [2.24, 2.45) is 17.4 Å². The summed E-state index contributed by atoms with van der Waals surface area (Å²) in [5, 5.41) is 48.3. The number of rotatable bonds is 28. The van der Waals surface area contributed by atoms with Crippen LogP contribution in [0.25, 0.3) is 21.8 Å². The highest BCUT2D eigenvalue weighted by Crippen LogP contribution is 2.24. The van der Waals surface area contributed by atoms with Crippen molar-refractivity contribution in [1.82, 2.24) is 52.1 Å². The molecule has 3 aromatic carbocycles. The third-order valence-electron chi connectivity index (χ3n) is 14.1. The molecule has 0 bridgehead atoms. The average molecular weight is 1110 g/mol. The summed E-state index contributed by atoms with van der Waals surface area (Å²) in [4.78, 5) is 143. The van der Waals surface area contributed by atoms with Crippen molar-refractivity contribution in [3.05, 3.63) is 108 Å². The fraction of sp³-hybridized carbons (Fsp3) is 0.418. The lowest BCUT2D eigenvalue weighted by Gasteiger charge is -2.32. The van der Waals surface area contributed by atoms with Crippen LogP contribution in [0, 0.1) is 5.92 Å². The van der Waals surface area contributed by atoms with E-state index in [2.05, 4.69) is 47.2 Å². The number of nitrogens with zero attached hydrogens (tertiary/aromatic N) is 1. The van der Waals surface area contributed by atoms with Crippen LogP contribution in [0.15, 0.2) is 91.3 Å². The molecule has 0 saturated carbocycles. The number of aliphatic hydroxyl groups excluding tert-OH is 2. The smallest absolute Gasteiger partial charge is 0.305 e. The van der Waals surface area contributed by atoms with E-state index in [4.69, 9.17) is 11.5 Å². The van der Waals surface area contributed by atoms with Gasteiger partial charge in [-0.3, -0.25) is 47.9 Å².